The Morgan fingerprint density at radius 2 is 2.00 bits per heavy atom. The van der Waals surface area contributed by atoms with Gasteiger partial charge in [-0.15, -0.1) is 0 Å². The van der Waals surface area contributed by atoms with Gasteiger partial charge in [-0.3, -0.25) is 4.79 Å². The van der Waals surface area contributed by atoms with Crippen molar-refractivity contribution in [3.05, 3.63) is 46.5 Å². The molecule has 0 N–H and O–H groups in total. The van der Waals surface area contributed by atoms with E-state index >= 15 is 0 Å². The molecule has 0 bridgehead atoms. The molecular weight excluding hydrogens is 273 g/mol. The summed E-state index contributed by atoms with van der Waals surface area (Å²) < 4.78 is 36.9. The van der Waals surface area contributed by atoms with Crippen LogP contribution in [0.25, 0.3) is 0 Å². The summed E-state index contributed by atoms with van der Waals surface area (Å²) in [7, 11) is 0. The van der Waals surface area contributed by atoms with Crippen LogP contribution in [0.2, 0.25) is 0 Å². The Labute approximate surface area is 92.7 Å². The van der Waals surface area contributed by atoms with Crippen LogP contribution >= 0.6 is 15.9 Å². The number of carbonyl (C=O) groups excluding carboxylic acids is 1. The van der Waals surface area contributed by atoms with Crippen LogP contribution in [-0.2, 0) is 6.18 Å². The Balaban J connectivity index is 3.20. The fourth-order valence-electron chi connectivity index (χ4n) is 1.00. The number of halogens is 4. The standard InChI is InChI=1S/C10H6BrF3O/c1-2-9(15)7-4-3-6(5-8(7)11)10(12,13)14/h2-5H,1H2. The van der Waals surface area contributed by atoms with Crippen molar-refractivity contribution in [2.45, 2.75) is 6.18 Å². The summed E-state index contributed by atoms with van der Waals surface area (Å²) in [5.74, 6) is -0.421. The van der Waals surface area contributed by atoms with Crippen LogP contribution in [0, 0.1) is 0 Å². The molecule has 80 valence electrons. The maximum Gasteiger partial charge on any atom is 0.416 e. The van der Waals surface area contributed by atoms with E-state index in [4.69, 9.17) is 0 Å². The second-order valence-electron chi connectivity index (χ2n) is 2.76. The third kappa shape index (κ3) is 2.68. The zero-order valence-corrected chi connectivity index (χ0v) is 9.02. The molecule has 0 amide bonds. The maximum absolute atomic E-state index is 12.3. The van der Waals surface area contributed by atoms with Gasteiger partial charge in [0.05, 0.1) is 5.56 Å². The van der Waals surface area contributed by atoms with Crippen molar-refractivity contribution in [1.29, 1.82) is 0 Å². The first-order valence-electron chi connectivity index (χ1n) is 3.90. The Morgan fingerprint density at radius 1 is 1.40 bits per heavy atom. The number of carbonyl (C=O) groups is 1. The number of hydrogen-bond acceptors (Lipinski definition) is 1. The minimum atomic E-state index is -4.40. The lowest BCUT2D eigenvalue weighted by Gasteiger charge is -2.08. The number of hydrogen-bond donors (Lipinski definition) is 0. The van der Waals surface area contributed by atoms with Gasteiger partial charge in [0.1, 0.15) is 0 Å². The van der Waals surface area contributed by atoms with Gasteiger partial charge in [0, 0.05) is 10.0 Å². The van der Waals surface area contributed by atoms with Crippen LogP contribution in [-0.4, -0.2) is 5.78 Å². The average Bonchev–Trinajstić information content (AvgIpc) is 2.15. The Hall–Kier alpha value is -1.10. The molecule has 0 aliphatic carbocycles. The molecule has 0 spiro atoms. The van der Waals surface area contributed by atoms with Crippen molar-refractivity contribution in [1.82, 2.24) is 0 Å². The van der Waals surface area contributed by atoms with Crippen LogP contribution in [0.4, 0.5) is 13.2 Å². The Morgan fingerprint density at radius 3 is 2.40 bits per heavy atom. The lowest BCUT2D eigenvalue weighted by molar-refractivity contribution is -0.137. The molecule has 15 heavy (non-hydrogen) atoms. The highest BCUT2D eigenvalue weighted by atomic mass is 79.9. The van der Waals surface area contributed by atoms with Gasteiger partial charge in [-0.25, -0.2) is 0 Å². The van der Waals surface area contributed by atoms with Gasteiger partial charge in [0.25, 0.3) is 0 Å². The van der Waals surface area contributed by atoms with Gasteiger partial charge in [0.15, 0.2) is 5.78 Å². The van der Waals surface area contributed by atoms with Gasteiger partial charge in [-0.2, -0.15) is 13.2 Å². The summed E-state index contributed by atoms with van der Waals surface area (Å²) in [4.78, 5) is 11.2. The van der Waals surface area contributed by atoms with Crippen molar-refractivity contribution in [2.75, 3.05) is 0 Å². The molecular formula is C10H6BrF3O. The zero-order chi connectivity index (χ0) is 11.6. The Kier molecular flexibility index (Phi) is 3.34. The van der Waals surface area contributed by atoms with E-state index in [-0.39, 0.29) is 10.0 Å². The molecule has 0 fully saturated rings. The third-order valence-corrected chi connectivity index (χ3v) is 2.40. The molecule has 1 nitrogen and oxygen atoms in total. The van der Waals surface area contributed by atoms with E-state index in [9.17, 15) is 18.0 Å². The van der Waals surface area contributed by atoms with Crippen LogP contribution in [0.1, 0.15) is 15.9 Å². The highest BCUT2D eigenvalue weighted by molar-refractivity contribution is 9.10. The number of allylic oxidation sites excluding steroid dienone is 1. The summed E-state index contributed by atoms with van der Waals surface area (Å²) in [5.41, 5.74) is -0.631. The summed E-state index contributed by atoms with van der Waals surface area (Å²) in [6.07, 6.45) is -3.36. The molecule has 0 saturated carbocycles. The summed E-state index contributed by atoms with van der Waals surface area (Å²) in [5, 5.41) is 0. The summed E-state index contributed by atoms with van der Waals surface area (Å²) in [6, 6.07) is 2.86. The number of ketones is 1. The van der Waals surface area contributed by atoms with Crippen molar-refractivity contribution in [3.63, 3.8) is 0 Å². The van der Waals surface area contributed by atoms with Gasteiger partial charge in [0.2, 0.25) is 0 Å². The van der Waals surface area contributed by atoms with E-state index < -0.39 is 17.5 Å². The topological polar surface area (TPSA) is 17.1 Å². The second kappa shape index (κ2) is 4.18. The molecule has 0 heterocycles. The minimum Gasteiger partial charge on any atom is -0.289 e. The first-order valence-corrected chi connectivity index (χ1v) is 4.69. The smallest absolute Gasteiger partial charge is 0.289 e. The fraction of sp³-hybridized carbons (Fsp3) is 0.100. The predicted molar refractivity (Wildman–Crippen MR) is 53.7 cm³/mol. The molecule has 1 aromatic rings. The second-order valence-corrected chi connectivity index (χ2v) is 3.62. The molecule has 1 aromatic carbocycles. The predicted octanol–water partition coefficient (Wildman–Crippen LogP) is 3.84. The summed E-state index contributed by atoms with van der Waals surface area (Å²) in [6.45, 7) is 3.26. The molecule has 0 saturated heterocycles. The van der Waals surface area contributed by atoms with Crippen LogP contribution in [0.5, 0.6) is 0 Å². The van der Waals surface area contributed by atoms with E-state index in [0.29, 0.717) is 0 Å². The normalized spacial score (nSPS) is 11.2. The van der Waals surface area contributed by atoms with Crippen LogP contribution < -0.4 is 0 Å². The van der Waals surface area contributed by atoms with Gasteiger partial charge in [-0.05, 0) is 24.3 Å². The fourth-order valence-corrected chi connectivity index (χ4v) is 1.58. The van der Waals surface area contributed by atoms with E-state index in [1.54, 1.807) is 0 Å². The lowest BCUT2D eigenvalue weighted by atomic mass is 10.1. The Bertz CT molecular complexity index is 410. The van der Waals surface area contributed by atoms with Gasteiger partial charge in [-0.1, -0.05) is 22.5 Å². The quantitative estimate of drug-likeness (QED) is 0.594. The molecule has 0 unspecified atom stereocenters. The van der Waals surface area contributed by atoms with Crippen molar-refractivity contribution in [2.24, 2.45) is 0 Å². The van der Waals surface area contributed by atoms with E-state index in [1.165, 1.54) is 0 Å². The van der Waals surface area contributed by atoms with Gasteiger partial charge >= 0.3 is 6.18 Å². The third-order valence-electron chi connectivity index (χ3n) is 1.75. The minimum absolute atomic E-state index is 0.113. The summed E-state index contributed by atoms with van der Waals surface area (Å²) >= 11 is 2.91. The first-order chi connectivity index (χ1) is 6.86. The van der Waals surface area contributed by atoms with Crippen molar-refractivity contribution >= 4 is 21.7 Å². The number of rotatable bonds is 2. The lowest BCUT2D eigenvalue weighted by Crippen LogP contribution is -2.06. The SMILES string of the molecule is C=CC(=O)c1ccc(C(F)(F)F)cc1Br. The largest absolute Gasteiger partial charge is 0.416 e. The average molecular weight is 279 g/mol. The van der Waals surface area contributed by atoms with Gasteiger partial charge < -0.3 is 0 Å². The monoisotopic (exact) mass is 278 g/mol. The van der Waals surface area contributed by atoms with E-state index in [2.05, 4.69) is 22.5 Å². The van der Waals surface area contributed by atoms with Crippen molar-refractivity contribution in [3.8, 4) is 0 Å². The molecule has 5 heteroatoms. The van der Waals surface area contributed by atoms with E-state index in [0.717, 1.165) is 24.3 Å². The van der Waals surface area contributed by atoms with Crippen LogP contribution in [0.3, 0.4) is 0 Å². The maximum atomic E-state index is 12.3. The number of benzene rings is 1. The molecule has 0 atom stereocenters. The first kappa shape index (κ1) is 12.0. The molecule has 0 radical (unpaired) electrons. The molecule has 0 aliphatic rings. The highest BCUT2D eigenvalue weighted by Crippen LogP contribution is 2.32. The molecule has 0 aliphatic heterocycles. The zero-order valence-electron chi connectivity index (χ0n) is 7.44. The van der Waals surface area contributed by atoms with Crippen LogP contribution in [0.15, 0.2) is 35.3 Å². The highest BCUT2D eigenvalue weighted by Gasteiger charge is 2.31. The van der Waals surface area contributed by atoms with E-state index in [1.807, 2.05) is 0 Å². The molecule has 0 aromatic heterocycles. The van der Waals surface area contributed by atoms with Crippen molar-refractivity contribution < 1.29 is 18.0 Å². The number of alkyl halides is 3. The molecule has 1 rings (SSSR count).